The van der Waals surface area contributed by atoms with E-state index in [4.69, 9.17) is 9.15 Å². The number of benzene rings is 1. The van der Waals surface area contributed by atoms with E-state index in [9.17, 15) is 9.59 Å². The zero-order chi connectivity index (χ0) is 19.4. The Morgan fingerprint density at radius 2 is 2.19 bits per heavy atom. The molecule has 9 heteroatoms. The smallest absolute Gasteiger partial charge is 0.337 e. The first-order chi connectivity index (χ1) is 13.0. The summed E-state index contributed by atoms with van der Waals surface area (Å²) in [5.74, 6) is 0.254. The summed E-state index contributed by atoms with van der Waals surface area (Å²) in [6.45, 7) is 5.71. The van der Waals surface area contributed by atoms with Crippen molar-refractivity contribution in [2.75, 3.05) is 12.4 Å². The van der Waals surface area contributed by atoms with Crippen LogP contribution in [0.15, 0.2) is 45.2 Å². The molecule has 0 aliphatic carbocycles. The molecule has 142 valence electrons. The second kappa shape index (κ2) is 8.26. The van der Waals surface area contributed by atoms with E-state index < -0.39 is 12.0 Å². The van der Waals surface area contributed by atoms with Crippen molar-refractivity contribution in [1.29, 1.82) is 0 Å². The molecule has 1 aromatic heterocycles. The van der Waals surface area contributed by atoms with Gasteiger partial charge < -0.3 is 19.8 Å². The predicted octanol–water partition coefficient (Wildman–Crippen LogP) is 2.66. The maximum atomic E-state index is 12.2. The number of hydrogen-bond acceptors (Lipinski definition) is 7. The second-order valence-corrected chi connectivity index (χ2v) is 6.89. The molecule has 27 heavy (non-hydrogen) atoms. The van der Waals surface area contributed by atoms with Gasteiger partial charge in [0.25, 0.3) is 5.22 Å². The predicted molar refractivity (Wildman–Crippen MR) is 100.0 cm³/mol. The van der Waals surface area contributed by atoms with Crippen molar-refractivity contribution in [3.63, 3.8) is 0 Å². The highest BCUT2D eigenvalue weighted by atomic mass is 32.2. The van der Waals surface area contributed by atoms with Crippen LogP contribution in [0.3, 0.4) is 0 Å². The number of amides is 2. The van der Waals surface area contributed by atoms with Gasteiger partial charge in [-0.25, -0.2) is 9.59 Å². The number of esters is 1. The number of aromatic nitrogens is 2. The summed E-state index contributed by atoms with van der Waals surface area (Å²) in [6, 6.07) is 6.95. The third kappa shape index (κ3) is 4.48. The van der Waals surface area contributed by atoms with Crippen LogP contribution in [0.4, 0.5) is 4.79 Å². The summed E-state index contributed by atoms with van der Waals surface area (Å²) in [5.41, 5.74) is 2.80. The zero-order valence-electron chi connectivity index (χ0n) is 15.2. The Balaban J connectivity index is 1.77. The van der Waals surface area contributed by atoms with Gasteiger partial charge in [-0.15, -0.1) is 10.2 Å². The third-order valence-corrected chi connectivity index (χ3v) is 4.72. The van der Waals surface area contributed by atoms with E-state index in [0.717, 1.165) is 11.1 Å². The van der Waals surface area contributed by atoms with Gasteiger partial charge in [0.2, 0.25) is 5.89 Å². The fraction of sp³-hybridized carbons (Fsp3) is 0.333. The molecule has 3 rings (SSSR count). The molecule has 0 saturated heterocycles. The van der Waals surface area contributed by atoms with Crippen molar-refractivity contribution in [2.45, 2.75) is 32.0 Å². The van der Waals surface area contributed by atoms with Gasteiger partial charge in [0.1, 0.15) is 0 Å². The highest BCUT2D eigenvalue weighted by Crippen LogP contribution is 2.26. The zero-order valence-corrected chi connectivity index (χ0v) is 16.1. The lowest BCUT2D eigenvalue weighted by atomic mass is 10.1. The number of rotatable bonds is 6. The van der Waals surface area contributed by atoms with E-state index in [0.29, 0.717) is 28.1 Å². The van der Waals surface area contributed by atoms with Crippen molar-refractivity contribution >= 4 is 23.8 Å². The van der Waals surface area contributed by atoms with Gasteiger partial charge in [0.15, 0.2) is 0 Å². The molecule has 1 atom stereocenters. The molecular weight excluding hydrogens is 368 g/mol. The maximum absolute atomic E-state index is 12.2. The molecule has 0 spiro atoms. The summed E-state index contributed by atoms with van der Waals surface area (Å²) in [7, 11) is 0. The molecule has 2 aromatic rings. The van der Waals surface area contributed by atoms with Gasteiger partial charge in [0.05, 0.1) is 18.2 Å². The number of nitrogens with one attached hydrogen (secondary N) is 2. The Labute approximate surface area is 160 Å². The Hall–Kier alpha value is -2.81. The number of nitrogens with zero attached hydrogens (tertiary/aromatic N) is 2. The Kier molecular flexibility index (Phi) is 5.80. The molecule has 8 nitrogen and oxygen atoms in total. The van der Waals surface area contributed by atoms with Crippen molar-refractivity contribution in [3.05, 3.63) is 41.1 Å². The summed E-state index contributed by atoms with van der Waals surface area (Å²) >= 11 is 1.24. The van der Waals surface area contributed by atoms with Gasteiger partial charge in [-0.2, -0.15) is 0 Å². The lowest BCUT2D eigenvalue weighted by molar-refractivity contribution is -0.138. The first-order valence-corrected chi connectivity index (χ1v) is 9.47. The van der Waals surface area contributed by atoms with Crippen LogP contribution in [0.1, 0.15) is 19.4 Å². The van der Waals surface area contributed by atoms with Crippen LogP contribution in [0, 0.1) is 6.92 Å². The minimum absolute atomic E-state index is 0.257. The van der Waals surface area contributed by atoms with Crippen LogP contribution in [-0.4, -0.2) is 40.6 Å². The largest absolute Gasteiger partial charge is 0.463 e. The first-order valence-electron chi connectivity index (χ1n) is 8.49. The molecule has 0 saturated carbocycles. The maximum Gasteiger partial charge on any atom is 0.337 e. The lowest BCUT2D eigenvalue weighted by Gasteiger charge is -2.26. The number of hydrogen-bond donors (Lipinski definition) is 2. The number of thioether (sulfide) groups is 1. The van der Waals surface area contributed by atoms with Gasteiger partial charge in [-0.3, -0.25) is 0 Å². The minimum atomic E-state index is -0.459. The van der Waals surface area contributed by atoms with Crippen LogP contribution >= 0.6 is 11.8 Å². The van der Waals surface area contributed by atoms with Gasteiger partial charge in [0, 0.05) is 17.0 Å². The van der Waals surface area contributed by atoms with Crippen molar-refractivity contribution in [3.8, 4) is 11.5 Å². The molecule has 1 aromatic carbocycles. The SMILES string of the molecule is CCOC(=O)C1=C(CSc2nnc(-c3cccc(C)c3)o2)NC(=O)N[C@@H]1C. The Bertz CT molecular complexity index is 893. The molecule has 1 aliphatic rings. The quantitative estimate of drug-likeness (QED) is 0.579. The molecule has 2 heterocycles. The van der Waals surface area contributed by atoms with Crippen molar-refractivity contribution < 1.29 is 18.7 Å². The fourth-order valence-electron chi connectivity index (χ4n) is 2.69. The third-order valence-electron chi connectivity index (χ3n) is 3.88. The topological polar surface area (TPSA) is 106 Å². The molecule has 0 bridgehead atoms. The summed E-state index contributed by atoms with van der Waals surface area (Å²) < 4.78 is 10.8. The Morgan fingerprint density at radius 1 is 1.37 bits per heavy atom. The molecule has 2 amide bonds. The first kappa shape index (κ1) is 19.0. The number of urea groups is 1. The standard InChI is InChI=1S/C18H20N4O4S/c1-4-25-16(23)14-11(3)19-17(24)20-13(14)9-27-18-22-21-15(26-18)12-7-5-6-10(2)8-12/h5-8,11H,4,9H2,1-3H3,(H2,19,20,24)/t11-/m1/s1. The van der Waals surface area contributed by atoms with E-state index in [1.807, 2.05) is 31.2 Å². The number of ether oxygens (including phenoxy) is 1. The van der Waals surface area contributed by atoms with Crippen molar-refractivity contribution in [2.24, 2.45) is 0 Å². The highest BCUT2D eigenvalue weighted by Gasteiger charge is 2.29. The van der Waals surface area contributed by atoms with E-state index in [2.05, 4.69) is 20.8 Å². The number of carbonyl (C=O) groups is 2. The number of carbonyl (C=O) groups excluding carboxylic acids is 2. The molecule has 1 aliphatic heterocycles. The van der Waals surface area contributed by atoms with E-state index in [1.54, 1.807) is 13.8 Å². The van der Waals surface area contributed by atoms with Gasteiger partial charge >= 0.3 is 12.0 Å². The van der Waals surface area contributed by atoms with E-state index >= 15 is 0 Å². The van der Waals surface area contributed by atoms with Gasteiger partial charge in [-0.1, -0.05) is 29.5 Å². The van der Waals surface area contributed by atoms with E-state index in [1.165, 1.54) is 11.8 Å². The van der Waals surface area contributed by atoms with Gasteiger partial charge in [-0.05, 0) is 32.9 Å². The van der Waals surface area contributed by atoms with Crippen LogP contribution in [0.2, 0.25) is 0 Å². The summed E-state index contributed by atoms with van der Waals surface area (Å²) in [4.78, 5) is 24.0. The van der Waals surface area contributed by atoms with E-state index in [-0.39, 0.29) is 12.6 Å². The second-order valence-electron chi connectivity index (χ2n) is 5.96. The molecular formula is C18H20N4O4S. The number of aryl methyl sites for hydroxylation is 1. The highest BCUT2D eigenvalue weighted by molar-refractivity contribution is 7.99. The summed E-state index contributed by atoms with van der Waals surface area (Å²) in [6.07, 6.45) is 0. The normalized spacial score (nSPS) is 16.7. The minimum Gasteiger partial charge on any atom is -0.463 e. The molecule has 0 radical (unpaired) electrons. The van der Waals surface area contributed by atoms with Crippen LogP contribution in [-0.2, 0) is 9.53 Å². The Morgan fingerprint density at radius 3 is 2.93 bits per heavy atom. The average molecular weight is 388 g/mol. The van der Waals surface area contributed by atoms with Crippen molar-refractivity contribution in [1.82, 2.24) is 20.8 Å². The summed E-state index contributed by atoms with van der Waals surface area (Å²) in [5, 5.41) is 13.8. The van der Waals surface area contributed by atoms with Crippen LogP contribution < -0.4 is 10.6 Å². The average Bonchev–Trinajstić information content (AvgIpc) is 3.08. The monoisotopic (exact) mass is 388 g/mol. The molecule has 0 fully saturated rings. The van der Waals surface area contributed by atoms with Crippen LogP contribution in [0.5, 0.6) is 0 Å². The van der Waals surface area contributed by atoms with Crippen LogP contribution in [0.25, 0.3) is 11.5 Å². The molecule has 2 N–H and O–H groups in total. The fourth-order valence-corrected chi connectivity index (χ4v) is 3.42. The molecule has 0 unspecified atom stereocenters. The lowest BCUT2D eigenvalue weighted by Crippen LogP contribution is -2.49.